The number of imide groups is 1. The fourth-order valence-electron chi connectivity index (χ4n) is 3.67. The number of nitrogens with zero attached hydrogens (tertiary/aromatic N) is 1. The second-order valence-corrected chi connectivity index (χ2v) is 10.0. The van der Waals surface area contributed by atoms with Crippen molar-refractivity contribution in [3.05, 3.63) is 29.8 Å². The first-order valence-electron chi connectivity index (χ1n) is 11.8. The van der Waals surface area contributed by atoms with Crippen LogP contribution in [0.2, 0.25) is 0 Å². The highest BCUT2D eigenvalue weighted by atomic mass is 32.1. The van der Waals surface area contributed by atoms with E-state index in [4.69, 9.17) is 14.2 Å². The number of thiol groups is 1. The zero-order valence-electron chi connectivity index (χ0n) is 21.8. The number of carbonyl (C=O) groups excluding carboxylic acids is 3. The molecule has 1 aliphatic rings. The molecule has 1 heterocycles. The predicted octanol–water partition coefficient (Wildman–Crippen LogP) is 4.46. The highest BCUT2D eigenvalue weighted by Gasteiger charge is 2.42. The Morgan fingerprint density at radius 2 is 1.71 bits per heavy atom. The molecule has 192 valence electrons. The Morgan fingerprint density at radius 1 is 1.12 bits per heavy atom. The molecule has 2 rings (SSSR count). The zero-order valence-corrected chi connectivity index (χ0v) is 22.7. The Kier molecular flexibility index (Phi) is 11.7. The smallest absolute Gasteiger partial charge is 0.233 e. The van der Waals surface area contributed by atoms with Gasteiger partial charge in [0.25, 0.3) is 0 Å². The summed E-state index contributed by atoms with van der Waals surface area (Å²) in [4.78, 5) is 37.7. The maximum absolute atomic E-state index is 12.3. The zero-order chi connectivity index (χ0) is 26.1. The molecule has 0 radical (unpaired) electrons. The van der Waals surface area contributed by atoms with E-state index in [1.165, 1.54) is 0 Å². The lowest BCUT2D eigenvalue weighted by atomic mass is 10.0. The molecule has 0 bridgehead atoms. The van der Waals surface area contributed by atoms with E-state index in [1.54, 1.807) is 14.0 Å². The maximum Gasteiger partial charge on any atom is 0.233 e. The fraction of sp³-hybridized carbons (Fsp3) is 0.654. The van der Waals surface area contributed by atoms with Crippen LogP contribution in [0.5, 0.6) is 5.75 Å². The second kappa shape index (κ2) is 13.3. The molecular formula is C26H41NO6S. The fourth-order valence-corrected chi connectivity index (χ4v) is 3.88. The minimum atomic E-state index is -0.904. The van der Waals surface area contributed by atoms with Gasteiger partial charge in [-0.1, -0.05) is 32.9 Å². The van der Waals surface area contributed by atoms with Gasteiger partial charge in [0, 0.05) is 32.3 Å². The Labute approximate surface area is 209 Å². The number of benzene rings is 1. The molecule has 1 aromatic carbocycles. The average molecular weight is 496 g/mol. The molecule has 1 fully saturated rings. The highest BCUT2D eigenvalue weighted by molar-refractivity contribution is 7.96. The van der Waals surface area contributed by atoms with Crippen LogP contribution >= 0.6 is 12.6 Å². The predicted molar refractivity (Wildman–Crippen MR) is 136 cm³/mol. The number of amides is 2. The van der Waals surface area contributed by atoms with E-state index in [2.05, 4.69) is 12.6 Å². The number of ether oxygens (including phenoxy) is 3. The lowest BCUT2D eigenvalue weighted by Crippen LogP contribution is -2.45. The normalized spacial score (nSPS) is 17.3. The standard InChI is InChI=1S/C24H35NO6S.C2H6/c1-16-13-20(26)25(21(16)27)19(22(28)32)14-17-7-9-18(10-8-17)31-23(2,3)11-12-30-24(4,5)15-29-6;1-2/h7-10,16,19H,11-15H2,1-6H3,(H,28,32);1-2H3. The number of hydrogen-bond acceptors (Lipinski definition) is 6. The molecular weight excluding hydrogens is 454 g/mol. The summed E-state index contributed by atoms with van der Waals surface area (Å²) in [6.45, 7) is 14.7. The Balaban J connectivity index is 0.00000281. The van der Waals surface area contributed by atoms with E-state index in [0.717, 1.165) is 10.5 Å². The number of hydrogen-bond donors (Lipinski definition) is 1. The monoisotopic (exact) mass is 495 g/mol. The van der Waals surface area contributed by atoms with Gasteiger partial charge in [-0.3, -0.25) is 19.3 Å². The average Bonchev–Trinajstić information content (AvgIpc) is 2.99. The van der Waals surface area contributed by atoms with Gasteiger partial charge in [0.2, 0.25) is 16.9 Å². The van der Waals surface area contributed by atoms with Crippen molar-refractivity contribution in [3.63, 3.8) is 0 Å². The van der Waals surface area contributed by atoms with Crippen molar-refractivity contribution in [2.24, 2.45) is 5.92 Å². The van der Waals surface area contributed by atoms with Crippen LogP contribution in [0.4, 0.5) is 0 Å². The van der Waals surface area contributed by atoms with Gasteiger partial charge in [-0.15, -0.1) is 12.6 Å². The van der Waals surface area contributed by atoms with Crippen LogP contribution in [0.1, 0.15) is 66.9 Å². The van der Waals surface area contributed by atoms with Crippen molar-refractivity contribution in [2.75, 3.05) is 20.3 Å². The van der Waals surface area contributed by atoms with Crippen LogP contribution in [-0.4, -0.2) is 59.4 Å². The summed E-state index contributed by atoms with van der Waals surface area (Å²) in [5.41, 5.74) is 0.00894. The first kappa shape index (κ1) is 30.1. The van der Waals surface area contributed by atoms with Gasteiger partial charge in [-0.2, -0.15) is 0 Å². The quantitative estimate of drug-likeness (QED) is 0.340. The molecule has 2 atom stereocenters. The van der Waals surface area contributed by atoms with Crippen molar-refractivity contribution in [2.45, 2.75) is 85.0 Å². The largest absolute Gasteiger partial charge is 0.488 e. The molecule has 1 aromatic rings. The Hall–Kier alpha value is -1.90. The lowest BCUT2D eigenvalue weighted by molar-refractivity contribution is -0.144. The summed E-state index contributed by atoms with van der Waals surface area (Å²) in [6, 6.07) is 6.41. The number of likely N-dealkylation sites (tertiary alicyclic amines) is 1. The molecule has 1 saturated heterocycles. The van der Waals surface area contributed by atoms with E-state index < -0.39 is 22.7 Å². The van der Waals surface area contributed by atoms with E-state index in [9.17, 15) is 14.4 Å². The second-order valence-electron chi connectivity index (χ2n) is 9.56. The summed E-state index contributed by atoms with van der Waals surface area (Å²) in [5, 5.41) is -0.501. The summed E-state index contributed by atoms with van der Waals surface area (Å²) >= 11 is 3.92. The van der Waals surface area contributed by atoms with Gasteiger partial charge in [-0.05, 0) is 45.4 Å². The molecule has 0 spiro atoms. The van der Waals surface area contributed by atoms with E-state index in [1.807, 2.05) is 65.8 Å². The molecule has 0 aromatic heterocycles. The van der Waals surface area contributed by atoms with Crippen LogP contribution in [0.25, 0.3) is 0 Å². The maximum atomic E-state index is 12.3. The van der Waals surface area contributed by atoms with Crippen LogP contribution in [0, 0.1) is 5.92 Å². The SMILES string of the molecule is CC.COCC(C)(C)OCCC(C)(C)Oc1ccc(CC(C(=O)S)N2C(=O)CC(C)C2=O)cc1. The van der Waals surface area contributed by atoms with Crippen molar-refractivity contribution >= 4 is 29.6 Å². The van der Waals surface area contributed by atoms with E-state index in [-0.39, 0.29) is 30.3 Å². The molecule has 2 amide bonds. The minimum Gasteiger partial charge on any atom is -0.488 e. The third kappa shape index (κ3) is 9.04. The van der Waals surface area contributed by atoms with Crippen LogP contribution in [0.15, 0.2) is 24.3 Å². The summed E-state index contributed by atoms with van der Waals surface area (Å²) in [5.74, 6) is -0.363. The highest BCUT2D eigenvalue weighted by Crippen LogP contribution is 2.26. The molecule has 1 aliphatic heterocycles. The number of rotatable bonds is 12. The van der Waals surface area contributed by atoms with Gasteiger partial charge in [-0.25, -0.2) is 0 Å². The van der Waals surface area contributed by atoms with Gasteiger partial charge < -0.3 is 14.2 Å². The first-order valence-corrected chi connectivity index (χ1v) is 12.3. The lowest BCUT2D eigenvalue weighted by Gasteiger charge is -2.30. The first-order chi connectivity index (χ1) is 15.8. The molecule has 34 heavy (non-hydrogen) atoms. The summed E-state index contributed by atoms with van der Waals surface area (Å²) < 4.78 is 17.2. The van der Waals surface area contributed by atoms with Gasteiger partial charge >= 0.3 is 0 Å². The topological polar surface area (TPSA) is 82.1 Å². The summed E-state index contributed by atoms with van der Waals surface area (Å²) in [7, 11) is 1.65. The Bertz CT molecular complexity index is 821. The minimum absolute atomic E-state index is 0.130. The van der Waals surface area contributed by atoms with E-state index >= 15 is 0 Å². The van der Waals surface area contributed by atoms with Crippen molar-refractivity contribution in [1.82, 2.24) is 4.90 Å². The third-order valence-corrected chi connectivity index (χ3v) is 5.74. The van der Waals surface area contributed by atoms with Crippen LogP contribution < -0.4 is 4.74 Å². The van der Waals surface area contributed by atoms with Gasteiger partial charge in [0.15, 0.2) is 0 Å². The molecule has 0 aliphatic carbocycles. The third-order valence-electron chi connectivity index (χ3n) is 5.44. The van der Waals surface area contributed by atoms with E-state index in [0.29, 0.717) is 25.4 Å². The van der Waals surface area contributed by atoms with Crippen LogP contribution in [0.3, 0.4) is 0 Å². The summed E-state index contributed by atoms with van der Waals surface area (Å²) in [6.07, 6.45) is 1.04. The van der Waals surface area contributed by atoms with Crippen molar-refractivity contribution in [1.29, 1.82) is 0 Å². The molecule has 0 saturated carbocycles. The Morgan fingerprint density at radius 3 is 2.18 bits per heavy atom. The number of methoxy groups -OCH3 is 1. The van der Waals surface area contributed by atoms with Crippen LogP contribution in [-0.2, 0) is 30.3 Å². The molecule has 8 heteroatoms. The molecule has 7 nitrogen and oxygen atoms in total. The molecule has 0 N–H and O–H groups in total. The van der Waals surface area contributed by atoms with Gasteiger partial charge in [0.05, 0.1) is 18.8 Å². The van der Waals surface area contributed by atoms with Gasteiger partial charge in [0.1, 0.15) is 17.4 Å². The number of carbonyl (C=O) groups is 3. The van der Waals surface area contributed by atoms with Crippen molar-refractivity contribution in [3.8, 4) is 5.75 Å². The molecule has 2 unspecified atom stereocenters. The van der Waals surface area contributed by atoms with Crippen molar-refractivity contribution < 1.29 is 28.6 Å².